The SMILES string of the molecule is CCNc1ncc(COc2c(F)cc(F)cc2Br)s1. The monoisotopic (exact) mass is 348 g/mol. The first-order valence-corrected chi connectivity index (χ1v) is 7.17. The van der Waals surface area contributed by atoms with E-state index in [4.69, 9.17) is 4.74 Å². The molecule has 0 saturated carbocycles. The first-order valence-electron chi connectivity index (χ1n) is 5.56. The predicted octanol–water partition coefficient (Wildman–Crippen LogP) is 4.19. The van der Waals surface area contributed by atoms with Gasteiger partial charge in [0.1, 0.15) is 12.4 Å². The second-order valence-corrected chi connectivity index (χ2v) is 5.62. The van der Waals surface area contributed by atoms with E-state index < -0.39 is 11.6 Å². The molecule has 1 aromatic heterocycles. The van der Waals surface area contributed by atoms with Crippen molar-refractivity contribution in [2.75, 3.05) is 11.9 Å². The molecule has 1 heterocycles. The smallest absolute Gasteiger partial charge is 0.182 e. The minimum absolute atomic E-state index is 0.000185. The summed E-state index contributed by atoms with van der Waals surface area (Å²) < 4.78 is 32.0. The molecule has 2 rings (SSSR count). The fourth-order valence-electron chi connectivity index (χ4n) is 1.42. The number of nitrogens with zero attached hydrogens (tertiary/aromatic N) is 1. The lowest BCUT2D eigenvalue weighted by atomic mass is 10.3. The Bertz CT molecular complexity index is 554. The zero-order chi connectivity index (χ0) is 13.8. The van der Waals surface area contributed by atoms with Gasteiger partial charge in [0.2, 0.25) is 0 Å². The Morgan fingerprint density at radius 1 is 1.42 bits per heavy atom. The third-order valence-corrected chi connectivity index (χ3v) is 3.72. The van der Waals surface area contributed by atoms with Gasteiger partial charge in [0.05, 0.1) is 9.35 Å². The van der Waals surface area contributed by atoms with E-state index in [1.807, 2.05) is 6.92 Å². The molecule has 0 saturated heterocycles. The van der Waals surface area contributed by atoms with Gasteiger partial charge in [-0.05, 0) is 28.9 Å². The molecule has 0 radical (unpaired) electrons. The Morgan fingerprint density at radius 3 is 2.89 bits per heavy atom. The van der Waals surface area contributed by atoms with Gasteiger partial charge in [-0.3, -0.25) is 0 Å². The van der Waals surface area contributed by atoms with Crippen LogP contribution in [0.15, 0.2) is 22.8 Å². The summed E-state index contributed by atoms with van der Waals surface area (Å²) in [6, 6.07) is 1.95. The second kappa shape index (κ2) is 6.29. The standard InChI is InChI=1S/C12H11BrF2N2OS/c1-2-16-12-17-5-8(19-12)6-18-11-9(13)3-7(14)4-10(11)15/h3-5H,2,6H2,1H3,(H,16,17). The average molecular weight is 349 g/mol. The molecule has 0 unspecified atom stereocenters. The number of nitrogens with one attached hydrogen (secondary N) is 1. The largest absolute Gasteiger partial charge is 0.484 e. The van der Waals surface area contributed by atoms with E-state index in [-0.39, 0.29) is 16.8 Å². The van der Waals surface area contributed by atoms with Gasteiger partial charge in [0, 0.05) is 18.8 Å². The van der Waals surface area contributed by atoms with Gasteiger partial charge in [-0.25, -0.2) is 13.8 Å². The summed E-state index contributed by atoms with van der Waals surface area (Å²) in [6.45, 7) is 2.94. The van der Waals surface area contributed by atoms with E-state index in [0.29, 0.717) is 0 Å². The van der Waals surface area contributed by atoms with Crippen molar-refractivity contribution in [2.24, 2.45) is 0 Å². The number of rotatable bonds is 5. The van der Waals surface area contributed by atoms with Crippen molar-refractivity contribution < 1.29 is 13.5 Å². The number of benzene rings is 1. The molecule has 7 heteroatoms. The molecule has 0 aliphatic heterocycles. The molecule has 102 valence electrons. The summed E-state index contributed by atoms with van der Waals surface area (Å²) in [7, 11) is 0. The van der Waals surface area contributed by atoms with Gasteiger partial charge >= 0.3 is 0 Å². The van der Waals surface area contributed by atoms with Crippen molar-refractivity contribution in [3.63, 3.8) is 0 Å². The zero-order valence-electron chi connectivity index (χ0n) is 10.0. The molecular formula is C12H11BrF2N2OS. The minimum Gasteiger partial charge on any atom is -0.484 e. The molecule has 0 spiro atoms. The lowest BCUT2D eigenvalue weighted by Crippen LogP contribution is -1.97. The summed E-state index contributed by atoms with van der Waals surface area (Å²) in [6.07, 6.45) is 1.66. The highest BCUT2D eigenvalue weighted by Crippen LogP contribution is 2.30. The maximum Gasteiger partial charge on any atom is 0.182 e. The molecule has 0 amide bonds. The number of thiazole rings is 1. The quantitative estimate of drug-likeness (QED) is 0.879. The molecule has 0 bridgehead atoms. The number of anilines is 1. The van der Waals surface area contributed by atoms with Crippen LogP contribution in [-0.4, -0.2) is 11.5 Å². The van der Waals surface area contributed by atoms with Crippen LogP contribution >= 0.6 is 27.3 Å². The van der Waals surface area contributed by atoms with E-state index >= 15 is 0 Å². The Labute approximate surface area is 121 Å². The summed E-state index contributed by atoms with van der Waals surface area (Å²) in [5.74, 6) is -1.38. The molecule has 0 atom stereocenters. The van der Waals surface area contributed by atoms with Crippen LogP contribution in [0.1, 0.15) is 11.8 Å². The Hall–Kier alpha value is -1.21. The molecule has 3 nitrogen and oxygen atoms in total. The van der Waals surface area contributed by atoms with Gasteiger partial charge in [0.15, 0.2) is 16.7 Å². The van der Waals surface area contributed by atoms with Gasteiger partial charge in [-0.2, -0.15) is 0 Å². The minimum atomic E-state index is -0.733. The van der Waals surface area contributed by atoms with Crippen molar-refractivity contribution >= 4 is 32.4 Å². The molecular weight excluding hydrogens is 338 g/mol. The van der Waals surface area contributed by atoms with Crippen LogP contribution in [0, 0.1) is 11.6 Å². The molecule has 1 N–H and O–H groups in total. The molecule has 2 aromatic rings. The lowest BCUT2D eigenvalue weighted by molar-refractivity contribution is 0.290. The van der Waals surface area contributed by atoms with Crippen molar-refractivity contribution in [1.29, 1.82) is 0 Å². The first kappa shape index (κ1) is 14.2. The van der Waals surface area contributed by atoms with Crippen LogP contribution in [0.4, 0.5) is 13.9 Å². The number of aromatic nitrogens is 1. The fraction of sp³-hybridized carbons (Fsp3) is 0.250. The number of hydrogen-bond acceptors (Lipinski definition) is 4. The van der Waals surface area contributed by atoms with E-state index in [1.54, 1.807) is 6.20 Å². The molecule has 0 aliphatic carbocycles. The average Bonchev–Trinajstić information content (AvgIpc) is 2.76. The highest BCUT2D eigenvalue weighted by atomic mass is 79.9. The van der Waals surface area contributed by atoms with Crippen molar-refractivity contribution in [3.8, 4) is 5.75 Å². The number of hydrogen-bond donors (Lipinski definition) is 1. The molecule has 19 heavy (non-hydrogen) atoms. The maximum atomic E-state index is 13.5. The van der Waals surface area contributed by atoms with Crippen molar-refractivity contribution in [3.05, 3.63) is 39.3 Å². The maximum absolute atomic E-state index is 13.5. The van der Waals surface area contributed by atoms with Crippen LogP contribution in [0.3, 0.4) is 0 Å². The van der Waals surface area contributed by atoms with Crippen LogP contribution in [0.25, 0.3) is 0 Å². The normalized spacial score (nSPS) is 10.5. The Kier molecular flexibility index (Phi) is 4.71. The Balaban J connectivity index is 2.05. The predicted molar refractivity (Wildman–Crippen MR) is 74.7 cm³/mol. The van der Waals surface area contributed by atoms with E-state index in [1.165, 1.54) is 11.3 Å². The van der Waals surface area contributed by atoms with Crippen LogP contribution < -0.4 is 10.1 Å². The summed E-state index contributed by atoms with van der Waals surface area (Å²) in [5, 5.41) is 3.87. The van der Waals surface area contributed by atoms with Crippen molar-refractivity contribution in [1.82, 2.24) is 4.98 Å². The van der Waals surface area contributed by atoms with Crippen LogP contribution in [0.5, 0.6) is 5.75 Å². The highest BCUT2D eigenvalue weighted by Gasteiger charge is 2.12. The molecule has 0 aliphatic rings. The van der Waals surface area contributed by atoms with Gasteiger partial charge < -0.3 is 10.1 Å². The van der Waals surface area contributed by atoms with Gasteiger partial charge in [-0.15, -0.1) is 0 Å². The summed E-state index contributed by atoms with van der Waals surface area (Å²) >= 11 is 4.50. The number of halogens is 3. The second-order valence-electron chi connectivity index (χ2n) is 3.65. The molecule has 0 fully saturated rings. The summed E-state index contributed by atoms with van der Waals surface area (Å²) in [4.78, 5) is 4.99. The van der Waals surface area contributed by atoms with E-state index in [2.05, 4.69) is 26.2 Å². The lowest BCUT2D eigenvalue weighted by Gasteiger charge is -2.07. The van der Waals surface area contributed by atoms with Crippen molar-refractivity contribution in [2.45, 2.75) is 13.5 Å². The van der Waals surface area contributed by atoms with E-state index in [0.717, 1.165) is 28.7 Å². The third kappa shape index (κ3) is 3.63. The fourth-order valence-corrected chi connectivity index (χ4v) is 2.73. The van der Waals surface area contributed by atoms with E-state index in [9.17, 15) is 8.78 Å². The zero-order valence-corrected chi connectivity index (χ0v) is 12.4. The van der Waals surface area contributed by atoms with Crippen LogP contribution in [-0.2, 0) is 6.61 Å². The highest BCUT2D eigenvalue weighted by molar-refractivity contribution is 9.10. The topological polar surface area (TPSA) is 34.2 Å². The number of ether oxygens (including phenoxy) is 1. The first-order chi connectivity index (χ1) is 9.10. The summed E-state index contributed by atoms with van der Waals surface area (Å²) in [5.41, 5.74) is 0. The third-order valence-electron chi connectivity index (χ3n) is 2.20. The van der Waals surface area contributed by atoms with Crippen LogP contribution in [0.2, 0.25) is 0 Å². The van der Waals surface area contributed by atoms with Gasteiger partial charge in [-0.1, -0.05) is 11.3 Å². The molecule has 1 aromatic carbocycles. The Morgan fingerprint density at radius 2 is 2.21 bits per heavy atom. The van der Waals surface area contributed by atoms with Gasteiger partial charge in [0.25, 0.3) is 0 Å².